The van der Waals surface area contributed by atoms with E-state index in [1.54, 1.807) is 4.90 Å². The summed E-state index contributed by atoms with van der Waals surface area (Å²) >= 11 is 0. The van der Waals surface area contributed by atoms with E-state index in [0.717, 1.165) is 24.9 Å². The van der Waals surface area contributed by atoms with Crippen LogP contribution in [0.1, 0.15) is 19.3 Å². The molecule has 0 aromatic heterocycles. The second-order valence-electron chi connectivity index (χ2n) is 5.90. The summed E-state index contributed by atoms with van der Waals surface area (Å²) in [5.74, 6) is -0.163. The third-order valence-corrected chi connectivity index (χ3v) is 4.65. The van der Waals surface area contributed by atoms with Crippen LogP contribution in [0.5, 0.6) is 0 Å². The lowest BCUT2D eigenvalue weighted by Crippen LogP contribution is -2.50. The molecule has 2 saturated heterocycles. The Morgan fingerprint density at radius 1 is 1.19 bits per heavy atom. The molecule has 0 aliphatic carbocycles. The number of hydrogen-bond donors (Lipinski definition) is 1. The molecule has 21 heavy (non-hydrogen) atoms. The van der Waals surface area contributed by atoms with E-state index in [0.29, 0.717) is 19.6 Å². The minimum absolute atomic E-state index is 0.115. The molecule has 0 unspecified atom stereocenters. The average molecular weight is 288 g/mol. The lowest BCUT2D eigenvalue weighted by atomic mass is 9.78. The highest BCUT2D eigenvalue weighted by Crippen LogP contribution is 2.41. The number of anilines is 1. The fraction of sp³-hybridized carbons (Fsp3) is 0.500. The number of rotatable bonds is 2. The Hall–Kier alpha value is -1.88. The Kier molecular flexibility index (Phi) is 3.68. The van der Waals surface area contributed by atoms with Crippen molar-refractivity contribution in [2.45, 2.75) is 19.3 Å². The lowest BCUT2D eigenvalue weighted by Gasteiger charge is -2.38. The second kappa shape index (κ2) is 5.48. The number of carbonyl (C=O) groups is 2. The lowest BCUT2D eigenvalue weighted by molar-refractivity contribution is -0.140. The molecule has 1 atom stereocenters. The summed E-state index contributed by atoms with van der Waals surface area (Å²) in [7, 11) is 0. The highest BCUT2D eigenvalue weighted by Gasteiger charge is 2.49. The smallest absolute Gasteiger partial charge is 0.248 e. The van der Waals surface area contributed by atoms with Gasteiger partial charge in [0.15, 0.2) is 0 Å². The van der Waals surface area contributed by atoms with Gasteiger partial charge in [0.1, 0.15) is 6.61 Å². The number of aliphatic hydroxyl groups is 1. The molecular formula is C16H20N2O3. The van der Waals surface area contributed by atoms with E-state index in [1.165, 1.54) is 0 Å². The maximum Gasteiger partial charge on any atom is 0.248 e. The quantitative estimate of drug-likeness (QED) is 0.884. The summed E-state index contributed by atoms with van der Waals surface area (Å²) in [6.45, 7) is 1.30. The molecule has 1 aromatic rings. The van der Waals surface area contributed by atoms with Crippen LogP contribution < -0.4 is 4.90 Å². The third-order valence-electron chi connectivity index (χ3n) is 4.65. The number of piperidine rings is 1. The monoisotopic (exact) mass is 288 g/mol. The average Bonchev–Trinajstić information content (AvgIpc) is 2.84. The Bertz CT molecular complexity index is 546. The molecular weight excluding hydrogens is 268 g/mol. The molecule has 1 aromatic carbocycles. The van der Waals surface area contributed by atoms with Crippen molar-refractivity contribution in [1.29, 1.82) is 0 Å². The van der Waals surface area contributed by atoms with Gasteiger partial charge in [0.2, 0.25) is 11.8 Å². The highest BCUT2D eigenvalue weighted by molar-refractivity contribution is 6.00. The van der Waals surface area contributed by atoms with E-state index in [9.17, 15) is 9.59 Å². The van der Waals surface area contributed by atoms with Crippen molar-refractivity contribution in [2.75, 3.05) is 31.1 Å². The zero-order chi connectivity index (χ0) is 14.9. The maximum atomic E-state index is 12.9. The van der Waals surface area contributed by atoms with Crippen molar-refractivity contribution in [3.05, 3.63) is 30.3 Å². The van der Waals surface area contributed by atoms with E-state index < -0.39 is 12.0 Å². The summed E-state index contributed by atoms with van der Waals surface area (Å²) in [4.78, 5) is 28.0. The molecule has 112 valence electrons. The van der Waals surface area contributed by atoms with Crippen LogP contribution in [0.25, 0.3) is 0 Å². The van der Waals surface area contributed by atoms with Gasteiger partial charge in [-0.15, -0.1) is 0 Å². The molecule has 2 amide bonds. The first-order chi connectivity index (χ1) is 10.2. The number of para-hydroxylation sites is 1. The number of carbonyl (C=O) groups excluding carboxylic acids is 2. The van der Waals surface area contributed by atoms with Gasteiger partial charge in [-0.05, 0) is 31.4 Å². The van der Waals surface area contributed by atoms with Gasteiger partial charge in [0, 0.05) is 25.3 Å². The maximum absolute atomic E-state index is 12.9. The number of amides is 2. The van der Waals surface area contributed by atoms with Crippen molar-refractivity contribution in [3.8, 4) is 0 Å². The second-order valence-corrected chi connectivity index (χ2v) is 5.90. The normalized spacial score (nSPS) is 25.7. The summed E-state index contributed by atoms with van der Waals surface area (Å²) in [6, 6.07) is 9.67. The minimum Gasteiger partial charge on any atom is -0.387 e. The van der Waals surface area contributed by atoms with Crippen LogP contribution in [-0.4, -0.2) is 48.1 Å². The molecule has 0 saturated carbocycles. The van der Waals surface area contributed by atoms with E-state index in [1.807, 2.05) is 35.2 Å². The molecule has 1 spiro atoms. The summed E-state index contributed by atoms with van der Waals surface area (Å²) < 4.78 is 0. The molecule has 2 aliphatic rings. The minimum atomic E-state index is -0.479. The Morgan fingerprint density at radius 3 is 2.67 bits per heavy atom. The molecule has 2 fully saturated rings. The van der Waals surface area contributed by atoms with Crippen molar-refractivity contribution in [2.24, 2.45) is 5.41 Å². The van der Waals surface area contributed by atoms with Crippen LogP contribution in [0, 0.1) is 5.41 Å². The zero-order valence-corrected chi connectivity index (χ0v) is 12.0. The van der Waals surface area contributed by atoms with Gasteiger partial charge >= 0.3 is 0 Å². The molecule has 3 rings (SSSR count). The summed E-state index contributed by atoms with van der Waals surface area (Å²) in [5.41, 5.74) is 0.462. The van der Waals surface area contributed by atoms with Crippen LogP contribution in [0.2, 0.25) is 0 Å². The number of aliphatic hydroxyl groups excluding tert-OH is 1. The summed E-state index contributed by atoms with van der Waals surface area (Å²) in [6.07, 6.45) is 2.42. The standard InChI is InChI=1S/C16H20N2O3/c19-11-14(20)17-9-4-7-16(12-17)8-10-18(15(16)21)13-5-2-1-3-6-13/h1-3,5-6,19H,4,7-12H2/t16-/m0/s1. The SMILES string of the molecule is O=C(CO)N1CCC[C@]2(CCN(c3ccccc3)C2=O)C1. The number of benzene rings is 1. The molecule has 5 nitrogen and oxygen atoms in total. The van der Waals surface area contributed by atoms with Crippen LogP contribution >= 0.6 is 0 Å². The first-order valence-electron chi connectivity index (χ1n) is 7.42. The van der Waals surface area contributed by atoms with Gasteiger partial charge in [0.25, 0.3) is 0 Å². The van der Waals surface area contributed by atoms with Gasteiger partial charge in [-0.2, -0.15) is 0 Å². The predicted molar refractivity (Wildman–Crippen MR) is 78.7 cm³/mol. The van der Waals surface area contributed by atoms with Crippen LogP contribution in [-0.2, 0) is 9.59 Å². The van der Waals surface area contributed by atoms with Gasteiger partial charge in [-0.3, -0.25) is 9.59 Å². The fourth-order valence-electron chi connectivity index (χ4n) is 3.50. The van der Waals surface area contributed by atoms with E-state index in [2.05, 4.69) is 0 Å². The highest BCUT2D eigenvalue weighted by atomic mass is 16.3. The molecule has 1 N–H and O–H groups in total. The van der Waals surface area contributed by atoms with Gasteiger partial charge in [-0.25, -0.2) is 0 Å². The van der Waals surface area contributed by atoms with Crippen LogP contribution in [0.4, 0.5) is 5.69 Å². The Labute approximate surface area is 124 Å². The largest absolute Gasteiger partial charge is 0.387 e. The van der Waals surface area contributed by atoms with Crippen LogP contribution in [0.3, 0.4) is 0 Å². The topological polar surface area (TPSA) is 60.9 Å². The molecule has 5 heteroatoms. The predicted octanol–water partition coefficient (Wildman–Crippen LogP) is 1.02. The zero-order valence-electron chi connectivity index (χ0n) is 12.0. The van der Waals surface area contributed by atoms with Crippen molar-refractivity contribution in [3.63, 3.8) is 0 Å². The third kappa shape index (κ3) is 2.42. The first kappa shape index (κ1) is 14.1. The molecule has 0 radical (unpaired) electrons. The molecule has 2 heterocycles. The Balaban J connectivity index is 1.80. The number of likely N-dealkylation sites (tertiary alicyclic amines) is 1. The number of nitrogens with zero attached hydrogens (tertiary/aromatic N) is 2. The molecule has 2 aliphatic heterocycles. The number of hydrogen-bond acceptors (Lipinski definition) is 3. The van der Waals surface area contributed by atoms with E-state index in [4.69, 9.17) is 5.11 Å². The summed E-state index contributed by atoms with van der Waals surface area (Å²) in [5, 5.41) is 9.03. The first-order valence-corrected chi connectivity index (χ1v) is 7.42. The van der Waals surface area contributed by atoms with Crippen LogP contribution in [0.15, 0.2) is 30.3 Å². The Morgan fingerprint density at radius 2 is 1.95 bits per heavy atom. The van der Waals surface area contributed by atoms with E-state index in [-0.39, 0.29) is 11.8 Å². The van der Waals surface area contributed by atoms with Crippen molar-refractivity contribution >= 4 is 17.5 Å². The van der Waals surface area contributed by atoms with Crippen molar-refractivity contribution in [1.82, 2.24) is 4.90 Å². The van der Waals surface area contributed by atoms with Crippen molar-refractivity contribution < 1.29 is 14.7 Å². The van der Waals surface area contributed by atoms with Gasteiger partial charge < -0.3 is 14.9 Å². The van der Waals surface area contributed by atoms with E-state index >= 15 is 0 Å². The van der Waals surface area contributed by atoms with Gasteiger partial charge in [-0.1, -0.05) is 18.2 Å². The van der Waals surface area contributed by atoms with Gasteiger partial charge in [0.05, 0.1) is 5.41 Å². The fourth-order valence-corrected chi connectivity index (χ4v) is 3.50. The molecule has 0 bridgehead atoms.